The lowest BCUT2D eigenvalue weighted by Crippen LogP contribution is -2.67. The molecule has 1 saturated heterocycles. The average molecular weight is 266 g/mol. The molecule has 0 spiro atoms. The topological polar surface area (TPSA) is 66.8 Å². The highest BCUT2D eigenvalue weighted by Gasteiger charge is 2.68. The van der Waals surface area contributed by atoms with Crippen LogP contribution in [-0.4, -0.2) is 34.0 Å². The highest BCUT2D eigenvalue weighted by molar-refractivity contribution is 5.75. The van der Waals surface area contributed by atoms with Gasteiger partial charge in [0.15, 0.2) is 0 Å². The standard InChI is InChI=1S/C15H22O4/c1-8-5-4-6-14(3)11(16)7-10-9(2)13(17)19-12(10)15(8,14)18/h9-12,16,18H,1,4-7H2,2-3H3/t9-,10+,11+,12+,14-,15+/m1/s1. The van der Waals surface area contributed by atoms with Crippen molar-refractivity contribution >= 4 is 5.97 Å². The molecule has 0 radical (unpaired) electrons. The second-order valence-electron chi connectivity index (χ2n) is 6.70. The second kappa shape index (κ2) is 3.83. The first-order chi connectivity index (χ1) is 8.82. The predicted molar refractivity (Wildman–Crippen MR) is 69.2 cm³/mol. The maximum absolute atomic E-state index is 11.8. The van der Waals surface area contributed by atoms with E-state index in [2.05, 4.69) is 6.58 Å². The summed E-state index contributed by atoms with van der Waals surface area (Å²) in [4.78, 5) is 11.8. The molecule has 3 aliphatic rings. The summed E-state index contributed by atoms with van der Waals surface area (Å²) in [6.07, 6.45) is 1.73. The predicted octanol–water partition coefficient (Wildman–Crippen LogP) is 1.41. The van der Waals surface area contributed by atoms with Gasteiger partial charge < -0.3 is 14.9 Å². The molecule has 0 aromatic heterocycles. The molecule has 0 bridgehead atoms. The number of esters is 1. The zero-order valence-electron chi connectivity index (χ0n) is 11.6. The fourth-order valence-electron chi connectivity index (χ4n) is 4.40. The maximum atomic E-state index is 11.8. The van der Waals surface area contributed by atoms with Crippen LogP contribution < -0.4 is 0 Å². The van der Waals surface area contributed by atoms with Crippen LogP contribution in [0.1, 0.15) is 39.5 Å². The summed E-state index contributed by atoms with van der Waals surface area (Å²) in [5, 5.41) is 21.8. The number of aliphatic hydroxyl groups is 2. The van der Waals surface area contributed by atoms with Crippen LogP contribution in [-0.2, 0) is 9.53 Å². The summed E-state index contributed by atoms with van der Waals surface area (Å²) in [5.74, 6) is -0.642. The summed E-state index contributed by atoms with van der Waals surface area (Å²) in [6.45, 7) is 7.72. The van der Waals surface area contributed by atoms with Gasteiger partial charge in [-0.2, -0.15) is 0 Å². The molecule has 1 aliphatic heterocycles. The minimum absolute atomic E-state index is 0.115. The SMILES string of the molecule is C=C1CCC[C@]2(C)[C@@H](O)C[C@H]3[C@@H](C)C(=O)O[C@@H]3[C@@]12O. The highest BCUT2D eigenvalue weighted by Crippen LogP contribution is 2.59. The molecule has 106 valence electrons. The minimum atomic E-state index is -1.28. The van der Waals surface area contributed by atoms with Crippen molar-refractivity contribution < 1.29 is 19.7 Å². The van der Waals surface area contributed by atoms with Gasteiger partial charge in [0.2, 0.25) is 0 Å². The molecule has 2 aliphatic carbocycles. The number of carbonyl (C=O) groups excluding carboxylic acids is 1. The molecular weight excluding hydrogens is 244 g/mol. The Labute approximate surface area is 113 Å². The number of hydrogen-bond acceptors (Lipinski definition) is 4. The van der Waals surface area contributed by atoms with Crippen LogP contribution >= 0.6 is 0 Å². The normalized spacial score (nSPS) is 53.5. The van der Waals surface area contributed by atoms with E-state index in [1.165, 1.54) is 0 Å². The molecule has 0 unspecified atom stereocenters. The number of carbonyl (C=O) groups is 1. The molecule has 2 saturated carbocycles. The Morgan fingerprint density at radius 3 is 2.84 bits per heavy atom. The number of hydrogen-bond donors (Lipinski definition) is 2. The van der Waals surface area contributed by atoms with Crippen LogP contribution in [0.3, 0.4) is 0 Å². The van der Waals surface area contributed by atoms with Crippen LogP contribution in [0.25, 0.3) is 0 Å². The van der Waals surface area contributed by atoms with Gasteiger partial charge >= 0.3 is 5.97 Å². The lowest BCUT2D eigenvalue weighted by molar-refractivity contribution is -0.222. The van der Waals surface area contributed by atoms with Crippen molar-refractivity contribution in [1.29, 1.82) is 0 Å². The zero-order valence-corrected chi connectivity index (χ0v) is 11.6. The van der Waals surface area contributed by atoms with E-state index in [1.807, 2.05) is 13.8 Å². The van der Waals surface area contributed by atoms with Gasteiger partial charge in [0.05, 0.1) is 12.0 Å². The largest absolute Gasteiger partial charge is 0.458 e. The first kappa shape index (κ1) is 13.1. The van der Waals surface area contributed by atoms with E-state index in [0.717, 1.165) is 19.3 Å². The lowest BCUT2D eigenvalue weighted by Gasteiger charge is -2.58. The Kier molecular flexibility index (Phi) is 2.64. The third-order valence-electron chi connectivity index (χ3n) is 5.87. The Morgan fingerprint density at radius 2 is 2.16 bits per heavy atom. The van der Waals surface area contributed by atoms with E-state index in [-0.39, 0.29) is 17.8 Å². The third-order valence-corrected chi connectivity index (χ3v) is 5.87. The van der Waals surface area contributed by atoms with Crippen LogP contribution in [0, 0.1) is 17.3 Å². The van der Waals surface area contributed by atoms with Gasteiger partial charge in [0.1, 0.15) is 11.7 Å². The Hall–Kier alpha value is -0.870. The third kappa shape index (κ3) is 1.39. The molecule has 2 N–H and O–H groups in total. The quantitative estimate of drug-likeness (QED) is 0.514. The Morgan fingerprint density at radius 1 is 1.47 bits per heavy atom. The van der Waals surface area contributed by atoms with E-state index in [9.17, 15) is 15.0 Å². The molecule has 0 aromatic carbocycles. The van der Waals surface area contributed by atoms with Crippen molar-refractivity contribution in [3.63, 3.8) is 0 Å². The maximum Gasteiger partial charge on any atom is 0.309 e. The van der Waals surface area contributed by atoms with Crippen molar-refractivity contribution in [1.82, 2.24) is 0 Å². The summed E-state index contributed by atoms with van der Waals surface area (Å²) in [5.41, 5.74) is -1.24. The van der Waals surface area contributed by atoms with Crippen molar-refractivity contribution in [3.05, 3.63) is 12.2 Å². The molecule has 19 heavy (non-hydrogen) atoms. The molecule has 1 heterocycles. The zero-order chi connectivity index (χ0) is 14.0. The van der Waals surface area contributed by atoms with Crippen molar-refractivity contribution in [2.45, 2.75) is 57.3 Å². The fraction of sp³-hybridized carbons (Fsp3) is 0.800. The van der Waals surface area contributed by atoms with Gasteiger partial charge in [-0.05, 0) is 31.3 Å². The van der Waals surface area contributed by atoms with E-state index in [0.29, 0.717) is 12.0 Å². The lowest BCUT2D eigenvalue weighted by atomic mass is 9.51. The first-order valence-corrected chi connectivity index (χ1v) is 7.11. The van der Waals surface area contributed by atoms with E-state index >= 15 is 0 Å². The smallest absolute Gasteiger partial charge is 0.309 e. The van der Waals surface area contributed by atoms with Crippen LogP contribution in [0.15, 0.2) is 12.2 Å². The number of ether oxygens (including phenoxy) is 1. The van der Waals surface area contributed by atoms with Gasteiger partial charge in [-0.15, -0.1) is 0 Å². The van der Waals surface area contributed by atoms with Gasteiger partial charge in [-0.1, -0.05) is 20.4 Å². The molecule has 3 fully saturated rings. The summed E-state index contributed by atoms with van der Waals surface area (Å²) >= 11 is 0. The molecule has 4 nitrogen and oxygen atoms in total. The van der Waals surface area contributed by atoms with Crippen molar-refractivity contribution in [2.24, 2.45) is 17.3 Å². The fourth-order valence-corrected chi connectivity index (χ4v) is 4.40. The molecular formula is C15H22O4. The molecule has 3 rings (SSSR count). The summed E-state index contributed by atoms with van der Waals surface area (Å²) in [6, 6.07) is 0. The number of aliphatic hydroxyl groups excluding tert-OH is 1. The van der Waals surface area contributed by atoms with Gasteiger partial charge in [-0.25, -0.2) is 0 Å². The van der Waals surface area contributed by atoms with Crippen molar-refractivity contribution in [2.75, 3.05) is 0 Å². The van der Waals surface area contributed by atoms with Crippen LogP contribution in [0.5, 0.6) is 0 Å². The van der Waals surface area contributed by atoms with Gasteiger partial charge in [0, 0.05) is 11.3 Å². The van der Waals surface area contributed by atoms with Crippen LogP contribution in [0.2, 0.25) is 0 Å². The average Bonchev–Trinajstić information content (AvgIpc) is 2.63. The minimum Gasteiger partial charge on any atom is -0.458 e. The van der Waals surface area contributed by atoms with Crippen molar-refractivity contribution in [3.8, 4) is 0 Å². The summed E-state index contributed by atoms with van der Waals surface area (Å²) in [7, 11) is 0. The molecule has 0 aromatic rings. The van der Waals surface area contributed by atoms with Gasteiger partial charge in [-0.3, -0.25) is 4.79 Å². The first-order valence-electron chi connectivity index (χ1n) is 7.11. The molecule has 6 atom stereocenters. The van der Waals surface area contributed by atoms with Crippen LogP contribution in [0.4, 0.5) is 0 Å². The molecule has 4 heteroatoms. The molecule has 0 amide bonds. The Bertz CT molecular complexity index is 445. The van der Waals surface area contributed by atoms with Gasteiger partial charge in [0.25, 0.3) is 0 Å². The monoisotopic (exact) mass is 266 g/mol. The number of fused-ring (bicyclic) bond motifs is 3. The van der Waals surface area contributed by atoms with E-state index in [1.54, 1.807) is 0 Å². The highest BCUT2D eigenvalue weighted by atomic mass is 16.6. The van der Waals surface area contributed by atoms with E-state index < -0.39 is 23.2 Å². The number of rotatable bonds is 0. The second-order valence-corrected chi connectivity index (χ2v) is 6.70. The Balaban J connectivity index is 2.10. The summed E-state index contributed by atoms with van der Waals surface area (Å²) < 4.78 is 5.47. The van der Waals surface area contributed by atoms with E-state index in [4.69, 9.17) is 4.74 Å².